The maximum Gasteiger partial charge on any atom is 0.332 e. The number of aryl methyl sites for hydroxylation is 1. The molecule has 0 aliphatic carbocycles. The van der Waals surface area contributed by atoms with E-state index < -0.39 is 17.2 Å². The summed E-state index contributed by atoms with van der Waals surface area (Å²) < 4.78 is 7.41. The fourth-order valence-corrected chi connectivity index (χ4v) is 4.01. The number of hydrogen-bond donors (Lipinski definition) is 1. The summed E-state index contributed by atoms with van der Waals surface area (Å²) >= 11 is 0. The lowest BCUT2D eigenvalue weighted by Gasteiger charge is -2.36. The Labute approximate surface area is 189 Å². The summed E-state index contributed by atoms with van der Waals surface area (Å²) in [4.78, 5) is 58.9. The topological polar surface area (TPSA) is 123 Å². The smallest absolute Gasteiger partial charge is 0.332 e. The Balaban J connectivity index is 1.66. The summed E-state index contributed by atoms with van der Waals surface area (Å²) in [6.07, 6.45) is 3.01. The first kappa shape index (κ1) is 22.3. The summed E-state index contributed by atoms with van der Waals surface area (Å²) in [7, 11) is 1.53. The zero-order valence-corrected chi connectivity index (χ0v) is 18.8. The van der Waals surface area contributed by atoms with E-state index in [-0.39, 0.29) is 35.3 Å². The van der Waals surface area contributed by atoms with Gasteiger partial charge in [0.25, 0.3) is 11.5 Å². The second-order valence-corrected chi connectivity index (χ2v) is 8.24. The van der Waals surface area contributed by atoms with Crippen molar-refractivity contribution < 1.29 is 14.0 Å². The molecule has 1 saturated heterocycles. The third-order valence-corrected chi connectivity index (χ3v) is 5.59. The number of rotatable bonds is 5. The lowest BCUT2D eigenvalue weighted by Crippen LogP contribution is -2.49. The maximum absolute atomic E-state index is 13.3. The molecule has 4 rings (SSSR count). The highest BCUT2D eigenvalue weighted by Gasteiger charge is 2.26. The van der Waals surface area contributed by atoms with Gasteiger partial charge in [-0.25, -0.2) is 9.78 Å². The van der Waals surface area contributed by atoms with Crippen LogP contribution in [-0.2, 0) is 18.4 Å². The summed E-state index contributed by atoms with van der Waals surface area (Å²) in [6.45, 7) is 5.10. The largest absolute Gasteiger partial charge is 0.459 e. The molecular formula is C22H26N6O5. The predicted molar refractivity (Wildman–Crippen MR) is 121 cm³/mol. The summed E-state index contributed by atoms with van der Waals surface area (Å²) in [5, 5.41) is 2.97. The second-order valence-electron chi connectivity index (χ2n) is 8.24. The monoisotopic (exact) mass is 454 g/mol. The van der Waals surface area contributed by atoms with Crippen molar-refractivity contribution in [3.8, 4) is 0 Å². The first-order chi connectivity index (χ1) is 15.8. The lowest BCUT2D eigenvalue weighted by molar-refractivity contribution is -0.122. The standard InChI is InChI=1S/C22H26N6O5/c1-14(2)24-17(29)13-28-21(31)18-15(6-7-23-19(18)25(3)22(28)32)26-8-10-27(11-9-26)20(30)16-5-4-12-33-16/h4-7,12,14H,8-11,13H2,1-3H3,(H,24,29). The van der Waals surface area contributed by atoms with Gasteiger partial charge in [-0.15, -0.1) is 0 Å². The Bertz CT molecular complexity index is 1300. The minimum atomic E-state index is -0.607. The highest BCUT2D eigenvalue weighted by atomic mass is 16.3. The molecule has 0 saturated carbocycles. The van der Waals surface area contributed by atoms with E-state index in [1.54, 1.807) is 43.1 Å². The third kappa shape index (κ3) is 4.26. The van der Waals surface area contributed by atoms with E-state index in [4.69, 9.17) is 4.42 Å². The average molecular weight is 454 g/mol. The molecular weight excluding hydrogens is 428 g/mol. The molecule has 2 amide bonds. The summed E-state index contributed by atoms with van der Waals surface area (Å²) in [5.41, 5.74) is -0.310. The Kier molecular flexibility index (Phi) is 6.03. The molecule has 0 spiro atoms. The van der Waals surface area contributed by atoms with Crippen molar-refractivity contribution in [3.05, 3.63) is 57.3 Å². The average Bonchev–Trinajstić information content (AvgIpc) is 3.34. The van der Waals surface area contributed by atoms with Crippen LogP contribution in [0.3, 0.4) is 0 Å². The molecule has 1 fully saturated rings. The van der Waals surface area contributed by atoms with Crippen LogP contribution in [0.2, 0.25) is 0 Å². The molecule has 1 aliphatic rings. The highest BCUT2D eigenvalue weighted by molar-refractivity contribution is 5.92. The van der Waals surface area contributed by atoms with Gasteiger partial charge in [0, 0.05) is 45.5 Å². The van der Waals surface area contributed by atoms with Crippen molar-refractivity contribution in [2.24, 2.45) is 7.05 Å². The number of amides is 2. The molecule has 0 atom stereocenters. The molecule has 3 aromatic rings. The van der Waals surface area contributed by atoms with Crippen LogP contribution < -0.4 is 21.5 Å². The van der Waals surface area contributed by atoms with Gasteiger partial charge in [0.05, 0.1) is 12.0 Å². The van der Waals surface area contributed by atoms with Crippen molar-refractivity contribution in [3.63, 3.8) is 0 Å². The van der Waals surface area contributed by atoms with Crippen LogP contribution in [0.25, 0.3) is 11.0 Å². The maximum atomic E-state index is 13.3. The molecule has 33 heavy (non-hydrogen) atoms. The minimum absolute atomic E-state index is 0.116. The number of carbonyl (C=O) groups excluding carboxylic acids is 2. The molecule has 4 heterocycles. The van der Waals surface area contributed by atoms with Crippen LogP contribution in [0.4, 0.5) is 5.69 Å². The number of nitrogens with zero attached hydrogens (tertiary/aromatic N) is 5. The number of hydrogen-bond acceptors (Lipinski definition) is 7. The summed E-state index contributed by atoms with van der Waals surface area (Å²) in [6, 6.07) is 4.90. The van der Waals surface area contributed by atoms with Gasteiger partial charge in [-0.1, -0.05) is 0 Å². The third-order valence-electron chi connectivity index (χ3n) is 5.59. The fourth-order valence-electron chi connectivity index (χ4n) is 4.01. The number of furan rings is 1. The molecule has 0 unspecified atom stereocenters. The molecule has 0 aromatic carbocycles. The number of piperazine rings is 1. The van der Waals surface area contributed by atoms with E-state index in [9.17, 15) is 19.2 Å². The van der Waals surface area contributed by atoms with Gasteiger partial charge in [0.2, 0.25) is 5.91 Å². The Morgan fingerprint density at radius 1 is 1.15 bits per heavy atom. The van der Waals surface area contributed by atoms with Crippen LogP contribution in [-0.4, -0.2) is 63.1 Å². The zero-order chi connectivity index (χ0) is 23.7. The first-order valence-corrected chi connectivity index (χ1v) is 10.7. The van der Waals surface area contributed by atoms with Crippen molar-refractivity contribution in [2.45, 2.75) is 26.4 Å². The Morgan fingerprint density at radius 3 is 2.52 bits per heavy atom. The number of aromatic nitrogens is 3. The highest BCUT2D eigenvalue weighted by Crippen LogP contribution is 2.23. The SMILES string of the molecule is CC(C)NC(=O)Cn1c(=O)c2c(N3CCN(C(=O)c4ccco4)CC3)ccnc2n(C)c1=O. The summed E-state index contributed by atoms with van der Waals surface area (Å²) in [5.74, 6) is -0.311. The predicted octanol–water partition coefficient (Wildman–Crippen LogP) is 0.175. The van der Waals surface area contributed by atoms with Crippen molar-refractivity contribution in [1.29, 1.82) is 0 Å². The lowest BCUT2D eigenvalue weighted by atomic mass is 10.2. The van der Waals surface area contributed by atoms with E-state index in [0.29, 0.717) is 31.9 Å². The van der Waals surface area contributed by atoms with Gasteiger partial charge < -0.3 is 19.5 Å². The van der Waals surface area contributed by atoms with E-state index in [1.165, 1.54) is 17.9 Å². The molecule has 1 N–H and O–H groups in total. The van der Waals surface area contributed by atoms with Gasteiger partial charge in [-0.2, -0.15) is 0 Å². The van der Waals surface area contributed by atoms with Crippen LogP contribution >= 0.6 is 0 Å². The van der Waals surface area contributed by atoms with Crippen LogP contribution in [0.1, 0.15) is 24.4 Å². The quantitative estimate of drug-likeness (QED) is 0.583. The van der Waals surface area contributed by atoms with Crippen LogP contribution in [0.5, 0.6) is 0 Å². The first-order valence-electron chi connectivity index (χ1n) is 10.7. The Hall–Kier alpha value is -3.89. The van der Waals surface area contributed by atoms with E-state index in [2.05, 4.69) is 10.3 Å². The number of nitrogens with one attached hydrogen (secondary N) is 1. The molecule has 174 valence electrons. The molecule has 1 aliphatic heterocycles. The van der Waals surface area contributed by atoms with Gasteiger partial charge in [-0.3, -0.25) is 23.5 Å². The molecule has 3 aromatic heterocycles. The van der Waals surface area contributed by atoms with E-state index in [1.807, 2.05) is 4.90 Å². The molecule has 11 nitrogen and oxygen atoms in total. The normalized spacial score (nSPS) is 14.2. The number of fused-ring (bicyclic) bond motifs is 1. The van der Waals surface area contributed by atoms with Crippen LogP contribution in [0, 0.1) is 0 Å². The fraction of sp³-hybridized carbons (Fsp3) is 0.409. The van der Waals surface area contributed by atoms with Crippen molar-refractivity contribution in [2.75, 3.05) is 31.1 Å². The zero-order valence-electron chi connectivity index (χ0n) is 18.8. The second kappa shape index (κ2) is 8.93. The molecule has 0 bridgehead atoms. The van der Waals surface area contributed by atoms with E-state index in [0.717, 1.165) is 4.57 Å². The van der Waals surface area contributed by atoms with Gasteiger partial charge in [0.1, 0.15) is 11.9 Å². The van der Waals surface area contributed by atoms with Crippen molar-refractivity contribution >= 4 is 28.5 Å². The molecule has 0 radical (unpaired) electrons. The Morgan fingerprint density at radius 2 is 1.88 bits per heavy atom. The van der Waals surface area contributed by atoms with Crippen LogP contribution in [0.15, 0.2) is 44.7 Å². The molecule has 11 heteroatoms. The number of anilines is 1. The van der Waals surface area contributed by atoms with E-state index >= 15 is 0 Å². The van der Waals surface area contributed by atoms with Gasteiger partial charge in [-0.05, 0) is 32.0 Å². The number of pyridine rings is 1. The van der Waals surface area contributed by atoms with Gasteiger partial charge in [0.15, 0.2) is 11.4 Å². The van der Waals surface area contributed by atoms with Crippen molar-refractivity contribution in [1.82, 2.24) is 24.3 Å². The van der Waals surface area contributed by atoms with Gasteiger partial charge >= 0.3 is 5.69 Å². The minimum Gasteiger partial charge on any atom is -0.459 e. The number of carbonyl (C=O) groups is 2.